The number of hydrogen-bond acceptors (Lipinski definition) is 3. The number of likely N-dealkylation sites (tertiary alicyclic amines) is 1. The molecule has 4 nitrogen and oxygen atoms in total. The first kappa shape index (κ1) is 15.8. The first-order valence-corrected chi connectivity index (χ1v) is 7.74. The van der Waals surface area contributed by atoms with Crippen molar-refractivity contribution in [2.24, 2.45) is 5.41 Å². The fraction of sp³-hybridized carbons (Fsp3) is 0.588. The topological polar surface area (TPSA) is 58.4 Å². The Labute approximate surface area is 127 Å². The van der Waals surface area contributed by atoms with Gasteiger partial charge in [0.05, 0.1) is 6.54 Å². The van der Waals surface area contributed by atoms with E-state index in [-0.39, 0.29) is 5.91 Å². The standard InChI is InChI=1S/C17H27N3O/c1-13-5-6-14(11-15(13)18)19-16(21)12-20-9-4-7-17(2,3)8-10-20/h5-6,11H,4,7-10,12,18H2,1-3H3,(H,19,21). The van der Waals surface area contributed by atoms with E-state index in [0.717, 1.165) is 37.2 Å². The molecule has 1 saturated heterocycles. The summed E-state index contributed by atoms with van der Waals surface area (Å²) in [4.78, 5) is 14.4. The molecule has 0 unspecified atom stereocenters. The number of carbonyl (C=O) groups excluding carboxylic acids is 1. The third kappa shape index (κ3) is 4.74. The molecule has 116 valence electrons. The second kappa shape index (κ2) is 6.48. The first-order valence-electron chi connectivity index (χ1n) is 7.74. The first-order chi connectivity index (χ1) is 9.85. The van der Waals surface area contributed by atoms with Crippen molar-refractivity contribution >= 4 is 17.3 Å². The molecule has 1 fully saturated rings. The van der Waals surface area contributed by atoms with Crippen LogP contribution in [0, 0.1) is 12.3 Å². The molecule has 0 saturated carbocycles. The number of nitrogens with one attached hydrogen (secondary N) is 1. The number of hydrogen-bond donors (Lipinski definition) is 2. The van der Waals surface area contributed by atoms with Gasteiger partial charge in [-0.2, -0.15) is 0 Å². The van der Waals surface area contributed by atoms with E-state index in [1.807, 2.05) is 25.1 Å². The van der Waals surface area contributed by atoms with Gasteiger partial charge in [-0.1, -0.05) is 19.9 Å². The number of nitrogens with zero attached hydrogens (tertiary/aromatic N) is 1. The van der Waals surface area contributed by atoms with Crippen LogP contribution in [0.1, 0.15) is 38.7 Å². The average molecular weight is 289 g/mol. The van der Waals surface area contributed by atoms with Crippen molar-refractivity contribution in [1.82, 2.24) is 4.90 Å². The van der Waals surface area contributed by atoms with Gasteiger partial charge in [0.2, 0.25) is 5.91 Å². The van der Waals surface area contributed by atoms with E-state index in [2.05, 4.69) is 24.1 Å². The Hall–Kier alpha value is -1.55. The van der Waals surface area contributed by atoms with Gasteiger partial charge in [-0.25, -0.2) is 0 Å². The highest BCUT2D eigenvalue weighted by molar-refractivity contribution is 5.92. The van der Waals surface area contributed by atoms with Gasteiger partial charge in [0.25, 0.3) is 0 Å². The lowest BCUT2D eigenvalue weighted by atomic mass is 9.85. The van der Waals surface area contributed by atoms with Crippen LogP contribution in [-0.2, 0) is 4.79 Å². The monoisotopic (exact) mass is 289 g/mol. The van der Waals surface area contributed by atoms with Crippen LogP contribution in [0.4, 0.5) is 11.4 Å². The summed E-state index contributed by atoms with van der Waals surface area (Å²) in [5, 5.41) is 2.94. The van der Waals surface area contributed by atoms with E-state index in [0.29, 0.717) is 17.6 Å². The molecule has 21 heavy (non-hydrogen) atoms. The molecule has 1 amide bonds. The van der Waals surface area contributed by atoms with Gasteiger partial charge in [-0.15, -0.1) is 0 Å². The lowest BCUT2D eigenvalue weighted by Gasteiger charge is -2.23. The predicted molar refractivity (Wildman–Crippen MR) is 88.3 cm³/mol. The average Bonchev–Trinajstić information content (AvgIpc) is 2.55. The minimum Gasteiger partial charge on any atom is -0.398 e. The van der Waals surface area contributed by atoms with Gasteiger partial charge in [-0.3, -0.25) is 9.69 Å². The molecule has 0 aromatic heterocycles. The summed E-state index contributed by atoms with van der Waals surface area (Å²) in [6.45, 7) is 9.05. The maximum Gasteiger partial charge on any atom is 0.238 e. The summed E-state index contributed by atoms with van der Waals surface area (Å²) >= 11 is 0. The molecule has 0 aliphatic carbocycles. The van der Waals surface area contributed by atoms with E-state index in [4.69, 9.17) is 5.73 Å². The fourth-order valence-electron chi connectivity index (χ4n) is 2.76. The lowest BCUT2D eigenvalue weighted by molar-refractivity contribution is -0.117. The molecule has 1 aliphatic heterocycles. The summed E-state index contributed by atoms with van der Waals surface area (Å²) in [7, 11) is 0. The van der Waals surface area contributed by atoms with E-state index in [1.165, 1.54) is 6.42 Å². The van der Waals surface area contributed by atoms with Crippen LogP contribution in [-0.4, -0.2) is 30.4 Å². The number of aryl methyl sites for hydroxylation is 1. The zero-order valence-corrected chi connectivity index (χ0v) is 13.4. The Kier molecular flexibility index (Phi) is 4.88. The van der Waals surface area contributed by atoms with Crippen LogP contribution in [0.3, 0.4) is 0 Å². The Morgan fingerprint density at radius 2 is 2.10 bits per heavy atom. The Balaban J connectivity index is 1.88. The highest BCUT2D eigenvalue weighted by atomic mass is 16.2. The zero-order chi connectivity index (χ0) is 15.5. The van der Waals surface area contributed by atoms with E-state index in [9.17, 15) is 4.79 Å². The molecular formula is C17H27N3O. The molecule has 1 aromatic rings. The fourth-order valence-corrected chi connectivity index (χ4v) is 2.76. The zero-order valence-electron chi connectivity index (χ0n) is 13.4. The van der Waals surface area contributed by atoms with Crippen molar-refractivity contribution in [1.29, 1.82) is 0 Å². The van der Waals surface area contributed by atoms with Crippen molar-refractivity contribution in [3.8, 4) is 0 Å². The van der Waals surface area contributed by atoms with Crippen LogP contribution >= 0.6 is 0 Å². The van der Waals surface area contributed by atoms with Crippen molar-refractivity contribution < 1.29 is 4.79 Å². The summed E-state index contributed by atoms with van der Waals surface area (Å²) in [5.41, 5.74) is 8.79. The molecule has 0 atom stereocenters. The molecule has 4 heteroatoms. The summed E-state index contributed by atoms with van der Waals surface area (Å²) < 4.78 is 0. The molecule has 1 heterocycles. The Morgan fingerprint density at radius 1 is 1.33 bits per heavy atom. The minimum atomic E-state index is 0.0398. The maximum atomic E-state index is 12.2. The summed E-state index contributed by atoms with van der Waals surface area (Å²) in [6.07, 6.45) is 3.55. The van der Waals surface area contributed by atoms with Gasteiger partial charge < -0.3 is 11.1 Å². The molecule has 1 aromatic carbocycles. The minimum absolute atomic E-state index is 0.0398. The number of carbonyl (C=O) groups is 1. The molecule has 1 aliphatic rings. The Bertz CT molecular complexity index is 511. The predicted octanol–water partition coefficient (Wildman–Crippen LogP) is 3.03. The second-order valence-electron chi connectivity index (χ2n) is 6.91. The third-order valence-corrected chi connectivity index (χ3v) is 4.36. The molecule has 0 radical (unpaired) electrons. The normalized spacial score (nSPS) is 19.0. The quantitative estimate of drug-likeness (QED) is 0.841. The molecule has 3 N–H and O–H groups in total. The Morgan fingerprint density at radius 3 is 2.81 bits per heavy atom. The number of anilines is 2. The van der Waals surface area contributed by atoms with Crippen LogP contribution in [0.5, 0.6) is 0 Å². The van der Waals surface area contributed by atoms with Crippen molar-refractivity contribution in [2.75, 3.05) is 30.7 Å². The second-order valence-corrected chi connectivity index (χ2v) is 6.91. The van der Waals surface area contributed by atoms with Gasteiger partial charge in [-0.05, 0) is 62.4 Å². The van der Waals surface area contributed by atoms with E-state index < -0.39 is 0 Å². The van der Waals surface area contributed by atoms with Crippen LogP contribution in [0.15, 0.2) is 18.2 Å². The largest absolute Gasteiger partial charge is 0.398 e. The molecular weight excluding hydrogens is 262 g/mol. The van der Waals surface area contributed by atoms with Gasteiger partial charge in [0, 0.05) is 11.4 Å². The van der Waals surface area contributed by atoms with Gasteiger partial charge >= 0.3 is 0 Å². The summed E-state index contributed by atoms with van der Waals surface area (Å²) in [6, 6.07) is 5.65. The molecule has 0 bridgehead atoms. The summed E-state index contributed by atoms with van der Waals surface area (Å²) in [5.74, 6) is 0.0398. The van der Waals surface area contributed by atoms with Gasteiger partial charge in [0.15, 0.2) is 0 Å². The van der Waals surface area contributed by atoms with Crippen LogP contribution < -0.4 is 11.1 Å². The number of rotatable bonds is 3. The number of nitrogen functional groups attached to an aromatic ring is 1. The van der Waals surface area contributed by atoms with Crippen molar-refractivity contribution in [3.63, 3.8) is 0 Å². The lowest BCUT2D eigenvalue weighted by Crippen LogP contribution is -2.34. The number of amides is 1. The van der Waals surface area contributed by atoms with Crippen LogP contribution in [0.25, 0.3) is 0 Å². The maximum absolute atomic E-state index is 12.2. The van der Waals surface area contributed by atoms with Crippen molar-refractivity contribution in [3.05, 3.63) is 23.8 Å². The van der Waals surface area contributed by atoms with Crippen LogP contribution in [0.2, 0.25) is 0 Å². The van der Waals surface area contributed by atoms with Crippen molar-refractivity contribution in [2.45, 2.75) is 40.0 Å². The highest BCUT2D eigenvalue weighted by Gasteiger charge is 2.23. The smallest absolute Gasteiger partial charge is 0.238 e. The third-order valence-electron chi connectivity index (χ3n) is 4.36. The molecule has 2 rings (SSSR count). The number of benzene rings is 1. The van der Waals surface area contributed by atoms with E-state index >= 15 is 0 Å². The number of nitrogens with two attached hydrogens (primary N) is 1. The molecule has 0 spiro atoms. The highest BCUT2D eigenvalue weighted by Crippen LogP contribution is 2.29. The van der Waals surface area contributed by atoms with E-state index in [1.54, 1.807) is 0 Å². The SMILES string of the molecule is Cc1ccc(NC(=O)CN2CCCC(C)(C)CC2)cc1N. The van der Waals surface area contributed by atoms with Gasteiger partial charge in [0.1, 0.15) is 0 Å².